The van der Waals surface area contributed by atoms with Gasteiger partial charge in [-0.15, -0.1) is 0 Å². The highest BCUT2D eigenvalue weighted by Crippen LogP contribution is 2.19. The molecule has 2 aromatic carbocycles. The second-order valence-corrected chi connectivity index (χ2v) is 4.84. The third-order valence-electron chi connectivity index (χ3n) is 2.23. The second kappa shape index (κ2) is 4.63. The Morgan fingerprint density at radius 3 is 2.25 bits per heavy atom. The second-order valence-electron chi connectivity index (χ2n) is 3.13. The number of rotatable bonds is 2. The molecule has 0 unspecified atom stereocenters. The van der Waals surface area contributed by atoms with Crippen LogP contribution in [0.3, 0.4) is 0 Å². The molecule has 0 aliphatic heterocycles. The number of fused-ring (bicyclic) bond motifs is 1. The van der Waals surface area contributed by atoms with Gasteiger partial charge in [-0.1, -0.05) is 37.8 Å². The fourth-order valence-corrected chi connectivity index (χ4v) is 2.12. The van der Waals surface area contributed by atoms with E-state index in [1.54, 1.807) is 18.2 Å². The molecule has 0 bridgehead atoms. The van der Waals surface area contributed by atoms with Crippen molar-refractivity contribution in [1.82, 2.24) is 0 Å². The summed E-state index contributed by atoms with van der Waals surface area (Å²) in [5, 5.41) is 1.89. The van der Waals surface area contributed by atoms with E-state index in [1.807, 2.05) is 24.3 Å². The molecule has 86 valence electrons. The highest BCUT2D eigenvalue weighted by molar-refractivity contribution is 7.86. The molecule has 0 aliphatic carbocycles. The summed E-state index contributed by atoms with van der Waals surface area (Å²) >= 11 is 0. The van der Waals surface area contributed by atoms with Gasteiger partial charge in [0.2, 0.25) is 0 Å². The molecule has 0 aliphatic rings. The Labute approximate surface area is 95.8 Å². The maximum Gasteiger partial charge on any atom is 0.296 e. The average Bonchev–Trinajstić information content (AvgIpc) is 2.28. The molecule has 16 heavy (non-hydrogen) atoms. The van der Waals surface area contributed by atoms with E-state index in [0.717, 1.165) is 17.9 Å². The van der Waals surface area contributed by atoms with E-state index in [0.29, 0.717) is 0 Å². The third-order valence-corrected chi connectivity index (χ3v) is 3.50. The predicted octanol–water partition coefficient (Wildman–Crippen LogP) is 2.81. The third kappa shape index (κ3) is 2.23. The number of hydrogen-bond acceptors (Lipinski definition) is 3. The molecule has 0 heterocycles. The van der Waals surface area contributed by atoms with Crippen molar-refractivity contribution in [3.8, 4) is 0 Å². The van der Waals surface area contributed by atoms with Crippen LogP contribution in [0.25, 0.3) is 10.8 Å². The zero-order chi connectivity index (χ0) is 10.9. The summed E-state index contributed by atoms with van der Waals surface area (Å²) in [6.45, 7) is 0. The molecular weight excluding hydrogens is 224 g/mol. The molecular formula is C12H14O3S. The first-order valence-electron chi connectivity index (χ1n) is 4.43. The van der Waals surface area contributed by atoms with Crippen molar-refractivity contribution in [3.05, 3.63) is 42.5 Å². The standard InChI is InChI=1S/C11H10O3S.CH4/c1-14-15(12,13)11-7-6-9-4-2-3-5-10(9)8-11;/h2-8H,1H3;1H4. The molecule has 2 rings (SSSR count). The fourth-order valence-electron chi connectivity index (χ4n) is 1.42. The first-order valence-corrected chi connectivity index (χ1v) is 5.84. The summed E-state index contributed by atoms with van der Waals surface area (Å²) < 4.78 is 27.3. The van der Waals surface area contributed by atoms with Crippen LogP contribution in [0.15, 0.2) is 47.4 Å². The van der Waals surface area contributed by atoms with E-state index in [4.69, 9.17) is 0 Å². The Hall–Kier alpha value is -1.39. The summed E-state index contributed by atoms with van der Waals surface area (Å²) in [4.78, 5) is 0.184. The minimum absolute atomic E-state index is 0. The van der Waals surface area contributed by atoms with E-state index in [9.17, 15) is 8.42 Å². The van der Waals surface area contributed by atoms with Crippen LogP contribution in [-0.2, 0) is 14.3 Å². The minimum Gasteiger partial charge on any atom is -0.270 e. The Bertz CT molecular complexity index is 588. The highest BCUT2D eigenvalue weighted by atomic mass is 32.2. The van der Waals surface area contributed by atoms with Crippen molar-refractivity contribution >= 4 is 20.9 Å². The van der Waals surface area contributed by atoms with Crippen LogP contribution in [0.1, 0.15) is 7.43 Å². The van der Waals surface area contributed by atoms with Crippen LogP contribution in [0, 0.1) is 0 Å². The van der Waals surface area contributed by atoms with Gasteiger partial charge in [-0.05, 0) is 22.9 Å². The van der Waals surface area contributed by atoms with Gasteiger partial charge >= 0.3 is 0 Å². The molecule has 0 atom stereocenters. The molecule has 0 radical (unpaired) electrons. The van der Waals surface area contributed by atoms with Gasteiger partial charge < -0.3 is 0 Å². The summed E-state index contributed by atoms with van der Waals surface area (Å²) in [6.07, 6.45) is 0. The van der Waals surface area contributed by atoms with Crippen LogP contribution in [-0.4, -0.2) is 15.5 Å². The lowest BCUT2D eigenvalue weighted by molar-refractivity contribution is 0.398. The van der Waals surface area contributed by atoms with Crippen LogP contribution >= 0.6 is 0 Å². The van der Waals surface area contributed by atoms with Crippen LogP contribution in [0.4, 0.5) is 0 Å². The highest BCUT2D eigenvalue weighted by Gasteiger charge is 2.12. The lowest BCUT2D eigenvalue weighted by Crippen LogP contribution is -2.02. The van der Waals surface area contributed by atoms with Crippen LogP contribution in [0.2, 0.25) is 0 Å². The normalized spacial score (nSPS) is 11.1. The van der Waals surface area contributed by atoms with E-state index in [1.165, 1.54) is 0 Å². The van der Waals surface area contributed by atoms with Gasteiger partial charge in [-0.2, -0.15) is 8.42 Å². The van der Waals surface area contributed by atoms with Crippen LogP contribution < -0.4 is 0 Å². The molecule has 3 nitrogen and oxygen atoms in total. The van der Waals surface area contributed by atoms with Gasteiger partial charge in [0.1, 0.15) is 0 Å². The molecule has 4 heteroatoms. The van der Waals surface area contributed by atoms with E-state index >= 15 is 0 Å². The van der Waals surface area contributed by atoms with Gasteiger partial charge in [-0.25, -0.2) is 0 Å². The van der Waals surface area contributed by atoms with E-state index < -0.39 is 10.1 Å². The molecule has 0 aromatic heterocycles. The largest absolute Gasteiger partial charge is 0.296 e. The summed E-state index contributed by atoms with van der Waals surface area (Å²) in [7, 11) is -2.43. The van der Waals surface area contributed by atoms with Crippen molar-refractivity contribution in [3.63, 3.8) is 0 Å². The minimum atomic E-state index is -3.59. The van der Waals surface area contributed by atoms with Crippen molar-refractivity contribution in [1.29, 1.82) is 0 Å². The average molecular weight is 238 g/mol. The lowest BCUT2D eigenvalue weighted by Gasteiger charge is -2.02. The maximum absolute atomic E-state index is 11.4. The quantitative estimate of drug-likeness (QED) is 0.756. The lowest BCUT2D eigenvalue weighted by atomic mass is 10.1. The summed E-state index contributed by atoms with van der Waals surface area (Å²) in [5.74, 6) is 0. The zero-order valence-corrected chi connectivity index (χ0v) is 8.99. The molecule has 0 saturated carbocycles. The Kier molecular flexibility index (Phi) is 3.67. The predicted molar refractivity (Wildman–Crippen MR) is 64.9 cm³/mol. The Morgan fingerprint density at radius 1 is 1.00 bits per heavy atom. The molecule has 0 saturated heterocycles. The van der Waals surface area contributed by atoms with Crippen molar-refractivity contribution in [2.24, 2.45) is 0 Å². The molecule has 0 spiro atoms. The van der Waals surface area contributed by atoms with Crippen molar-refractivity contribution in [2.45, 2.75) is 12.3 Å². The molecule has 0 amide bonds. The van der Waals surface area contributed by atoms with Crippen molar-refractivity contribution in [2.75, 3.05) is 7.11 Å². The first kappa shape index (κ1) is 12.7. The maximum atomic E-state index is 11.4. The van der Waals surface area contributed by atoms with Gasteiger partial charge in [0.15, 0.2) is 0 Å². The smallest absolute Gasteiger partial charge is 0.270 e. The van der Waals surface area contributed by atoms with E-state index in [-0.39, 0.29) is 12.3 Å². The number of hydrogen-bond donors (Lipinski definition) is 0. The van der Waals surface area contributed by atoms with Gasteiger partial charge in [0, 0.05) is 0 Å². The fraction of sp³-hybridized carbons (Fsp3) is 0.167. The SMILES string of the molecule is C.COS(=O)(=O)c1ccc2ccccc2c1. The Balaban J connectivity index is 0.00000128. The van der Waals surface area contributed by atoms with Gasteiger partial charge in [0.25, 0.3) is 10.1 Å². The Morgan fingerprint density at radius 2 is 1.62 bits per heavy atom. The van der Waals surface area contributed by atoms with Gasteiger partial charge in [-0.3, -0.25) is 4.18 Å². The van der Waals surface area contributed by atoms with Crippen LogP contribution in [0.5, 0.6) is 0 Å². The number of benzene rings is 2. The topological polar surface area (TPSA) is 43.4 Å². The summed E-state index contributed by atoms with van der Waals surface area (Å²) in [5.41, 5.74) is 0. The van der Waals surface area contributed by atoms with E-state index in [2.05, 4.69) is 4.18 Å². The summed E-state index contributed by atoms with van der Waals surface area (Å²) in [6, 6.07) is 12.5. The van der Waals surface area contributed by atoms with Crippen molar-refractivity contribution < 1.29 is 12.6 Å². The van der Waals surface area contributed by atoms with Gasteiger partial charge in [0.05, 0.1) is 12.0 Å². The molecule has 2 aromatic rings. The zero-order valence-electron chi connectivity index (χ0n) is 8.17. The monoisotopic (exact) mass is 238 g/mol. The molecule has 0 fully saturated rings. The molecule has 0 N–H and O–H groups in total. The first-order chi connectivity index (χ1) is 7.13.